The Bertz CT molecular complexity index is 935. The molecule has 0 aliphatic carbocycles. The van der Waals surface area contributed by atoms with Crippen molar-refractivity contribution >= 4 is 21.6 Å². The van der Waals surface area contributed by atoms with Crippen molar-refractivity contribution in [2.24, 2.45) is 5.10 Å². The zero-order valence-electron chi connectivity index (χ0n) is 15.4. The van der Waals surface area contributed by atoms with Gasteiger partial charge in [0.1, 0.15) is 11.5 Å². The summed E-state index contributed by atoms with van der Waals surface area (Å²) in [7, 11) is 1.66. The molecule has 0 bridgehead atoms. The number of aliphatic hydroxyl groups is 1. The number of allylic oxidation sites excluding steroid dienone is 1. The van der Waals surface area contributed by atoms with Crippen LogP contribution < -0.4 is 9.47 Å². The summed E-state index contributed by atoms with van der Waals surface area (Å²) < 4.78 is 12.5. The standard InChI is InChI=1S/C21H21BrN2O3/c1-13(25)12-21(2)24-19(17-10-15(22)6-9-20(17)27-21)11-18(23-24)14-4-7-16(26-3)8-5-14/h4-10,12,19,25H,11H2,1-3H3/b13-12+/t19-,21-/m0/s1. The fourth-order valence-corrected chi connectivity index (χ4v) is 4.12. The van der Waals surface area contributed by atoms with Crippen LogP contribution in [0.2, 0.25) is 0 Å². The van der Waals surface area contributed by atoms with Gasteiger partial charge in [0.2, 0.25) is 5.72 Å². The van der Waals surface area contributed by atoms with Gasteiger partial charge >= 0.3 is 0 Å². The summed E-state index contributed by atoms with van der Waals surface area (Å²) in [5.41, 5.74) is 2.25. The average molecular weight is 429 g/mol. The second-order valence-electron chi connectivity index (χ2n) is 6.96. The molecular formula is C21H21BrN2O3. The maximum atomic E-state index is 9.91. The van der Waals surface area contributed by atoms with Gasteiger partial charge in [-0.25, -0.2) is 5.01 Å². The number of halogens is 1. The van der Waals surface area contributed by atoms with Gasteiger partial charge in [-0.2, -0.15) is 5.10 Å². The summed E-state index contributed by atoms with van der Waals surface area (Å²) in [6, 6.07) is 13.9. The van der Waals surface area contributed by atoms with E-state index < -0.39 is 5.72 Å². The van der Waals surface area contributed by atoms with E-state index in [9.17, 15) is 5.11 Å². The molecule has 4 rings (SSSR count). The molecule has 2 aromatic carbocycles. The largest absolute Gasteiger partial charge is 0.513 e. The summed E-state index contributed by atoms with van der Waals surface area (Å²) >= 11 is 3.55. The molecular weight excluding hydrogens is 408 g/mol. The second kappa shape index (κ2) is 6.60. The zero-order chi connectivity index (χ0) is 19.2. The molecule has 2 aliphatic heterocycles. The lowest BCUT2D eigenvalue weighted by Crippen LogP contribution is -2.50. The highest BCUT2D eigenvalue weighted by molar-refractivity contribution is 9.10. The maximum absolute atomic E-state index is 9.91. The highest BCUT2D eigenvalue weighted by Crippen LogP contribution is 2.48. The Labute approximate surface area is 167 Å². The lowest BCUT2D eigenvalue weighted by atomic mass is 9.94. The molecule has 0 spiro atoms. The van der Waals surface area contributed by atoms with Crippen LogP contribution in [0.4, 0.5) is 0 Å². The number of nitrogens with zero attached hydrogens (tertiary/aromatic N) is 2. The van der Waals surface area contributed by atoms with Crippen LogP contribution in [-0.2, 0) is 0 Å². The first-order valence-electron chi connectivity index (χ1n) is 8.78. The first-order valence-corrected chi connectivity index (χ1v) is 9.57. The highest BCUT2D eigenvalue weighted by atomic mass is 79.9. The summed E-state index contributed by atoms with van der Waals surface area (Å²) in [4.78, 5) is 0. The zero-order valence-corrected chi connectivity index (χ0v) is 17.0. The molecule has 0 saturated heterocycles. The first kappa shape index (κ1) is 17.9. The molecule has 0 radical (unpaired) electrons. The van der Waals surface area contributed by atoms with Crippen molar-refractivity contribution in [2.45, 2.75) is 32.0 Å². The smallest absolute Gasteiger partial charge is 0.218 e. The van der Waals surface area contributed by atoms with Gasteiger partial charge in [0.05, 0.1) is 24.6 Å². The summed E-state index contributed by atoms with van der Waals surface area (Å²) in [6.45, 7) is 3.57. The monoisotopic (exact) mass is 428 g/mol. The van der Waals surface area contributed by atoms with Crippen molar-refractivity contribution < 1.29 is 14.6 Å². The number of benzene rings is 2. The van der Waals surface area contributed by atoms with Gasteiger partial charge in [-0.3, -0.25) is 0 Å². The minimum atomic E-state index is -0.863. The minimum Gasteiger partial charge on any atom is -0.513 e. The quantitative estimate of drug-likeness (QED) is 0.684. The topological polar surface area (TPSA) is 54.3 Å². The Morgan fingerprint density at radius 3 is 2.74 bits per heavy atom. The molecule has 2 aromatic rings. The number of hydrazone groups is 1. The van der Waals surface area contributed by atoms with Crippen LogP contribution in [0.3, 0.4) is 0 Å². The maximum Gasteiger partial charge on any atom is 0.218 e. The lowest BCUT2D eigenvalue weighted by Gasteiger charge is -2.44. The summed E-state index contributed by atoms with van der Waals surface area (Å²) in [5.74, 6) is 1.83. The second-order valence-corrected chi connectivity index (χ2v) is 7.88. The van der Waals surface area contributed by atoms with E-state index in [4.69, 9.17) is 14.6 Å². The van der Waals surface area contributed by atoms with Gasteiger partial charge in [0.15, 0.2) is 0 Å². The predicted molar refractivity (Wildman–Crippen MR) is 108 cm³/mol. The Balaban J connectivity index is 1.79. The number of ether oxygens (including phenoxy) is 2. The summed E-state index contributed by atoms with van der Waals surface area (Å²) in [6.07, 6.45) is 2.46. The Kier molecular flexibility index (Phi) is 4.38. The van der Waals surface area contributed by atoms with Gasteiger partial charge in [-0.05, 0) is 55.0 Å². The molecule has 0 amide bonds. The SMILES string of the molecule is COc1ccc(C2=NN3[C@@H](C2)c2cc(Br)ccc2O[C@@]3(C)/C=C(\C)O)cc1. The number of hydrogen-bond acceptors (Lipinski definition) is 5. The molecule has 2 aliphatic rings. The number of rotatable bonds is 3. The van der Waals surface area contributed by atoms with Crippen molar-refractivity contribution in [1.29, 1.82) is 0 Å². The lowest BCUT2D eigenvalue weighted by molar-refractivity contribution is -0.0698. The number of methoxy groups -OCH3 is 1. The average Bonchev–Trinajstić information content (AvgIpc) is 3.09. The Hall–Kier alpha value is -2.47. The third-order valence-electron chi connectivity index (χ3n) is 4.91. The molecule has 0 unspecified atom stereocenters. The molecule has 1 N–H and O–H groups in total. The highest BCUT2D eigenvalue weighted by Gasteiger charge is 2.46. The molecule has 2 heterocycles. The normalized spacial score (nSPS) is 24.0. The van der Waals surface area contributed by atoms with E-state index in [-0.39, 0.29) is 11.8 Å². The van der Waals surface area contributed by atoms with Crippen LogP contribution in [0.1, 0.15) is 37.4 Å². The van der Waals surface area contributed by atoms with Crippen LogP contribution >= 0.6 is 15.9 Å². The van der Waals surface area contributed by atoms with Crippen molar-refractivity contribution in [3.05, 3.63) is 69.9 Å². The number of fused-ring (bicyclic) bond motifs is 3. The molecule has 5 nitrogen and oxygen atoms in total. The fourth-order valence-electron chi connectivity index (χ4n) is 3.74. The van der Waals surface area contributed by atoms with Crippen LogP contribution in [0.5, 0.6) is 11.5 Å². The van der Waals surface area contributed by atoms with Gasteiger partial charge in [-0.15, -0.1) is 0 Å². The van der Waals surface area contributed by atoms with Gasteiger partial charge in [0.25, 0.3) is 0 Å². The molecule has 27 heavy (non-hydrogen) atoms. The van der Waals surface area contributed by atoms with E-state index in [0.717, 1.165) is 39.2 Å². The Morgan fingerprint density at radius 2 is 2.07 bits per heavy atom. The van der Waals surface area contributed by atoms with Crippen LogP contribution in [0.15, 0.2) is 63.9 Å². The van der Waals surface area contributed by atoms with E-state index in [0.29, 0.717) is 0 Å². The first-order chi connectivity index (χ1) is 12.9. The van der Waals surface area contributed by atoms with Crippen molar-refractivity contribution in [3.8, 4) is 11.5 Å². The van der Waals surface area contributed by atoms with E-state index in [2.05, 4.69) is 22.0 Å². The van der Waals surface area contributed by atoms with Crippen molar-refractivity contribution in [1.82, 2.24) is 5.01 Å². The molecule has 0 aromatic heterocycles. The van der Waals surface area contributed by atoms with Crippen molar-refractivity contribution in [3.63, 3.8) is 0 Å². The van der Waals surface area contributed by atoms with E-state index in [1.165, 1.54) is 0 Å². The van der Waals surface area contributed by atoms with E-state index >= 15 is 0 Å². The Morgan fingerprint density at radius 1 is 1.33 bits per heavy atom. The van der Waals surface area contributed by atoms with Crippen LogP contribution in [0.25, 0.3) is 0 Å². The number of hydrogen-bond donors (Lipinski definition) is 1. The molecule has 6 heteroatoms. The van der Waals surface area contributed by atoms with Crippen LogP contribution in [-0.4, -0.2) is 28.7 Å². The fraction of sp³-hybridized carbons (Fsp3) is 0.286. The third-order valence-corrected chi connectivity index (χ3v) is 5.41. The molecule has 140 valence electrons. The van der Waals surface area contributed by atoms with E-state index in [1.807, 2.05) is 48.3 Å². The van der Waals surface area contributed by atoms with Crippen molar-refractivity contribution in [2.75, 3.05) is 7.11 Å². The van der Waals surface area contributed by atoms with Gasteiger partial charge < -0.3 is 14.6 Å². The van der Waals surface area contributed by atoms with Gasteiger partial charge in [-0.1, -0.05) is 15.9 Å². The molecule has 2 atom stereocenters. The minimum absolute atomic E-state index is 0.0314. The molecule has 0 saturated carbocycles. The number of aliphatic hydroxyl groups excluding tert-OH is 1. The third kappa shape index (κ3) is 3.18. The summed E-state index contributed by atoms with van der Waals surface area (Å²) in [5, 5.41) is 16.7. The van der Waals surface area contributed by atoms with Crippen LogP contribution in [0, 0.1) is 0 Å². The molecule has 0 fully saturated rings. The van der Waals surface area contributed by atoms with Gasteiger partial charge in [0, 0.05) is 29.5 Å². The van der Waals surface area contributed by atoms with E-state index in [1.54, 1.807) is 20.1 Å². The predicted octanol–water partition coefficient (Wildman–Crippen LogP) is 5.18.